The van der Waals surface area contributed by atoms with Crippen LogP contribution >= 0.6 is 0 Å². The van der Waals surface area contributed by atoms with Gasteiger partial charge in [0.05, 0.1) is 6.42 Å². The maximum absolute atomic E-state index is 12.4. The van der Waals surface area contributed by atoms with Crippen LogP contribution in [0, 0.1) is 0 Å². The number of nitrogens with one attached hydrogen (secondary N) is 2. The van der Waals surface area contributed by atoms with E-state index in [1.165, 1.54) is 0 Å². The lowest BCUT2D eigenvalue weighted by atomic mass is 9.98. The van der Waals surface area contributed by atoms with Gasteiger partial charge in [-0.1, -0.05) is 31.0 Å². The third kappa shape index (κ3) is 3.84. The molecule has 8 nitrogen and oxygen atoms in total. The standard InChI is InChI=1S/C18H21N3O5/c22-14(19-13-6-2-1-3-7-13)12-26-15(23)8-11-21-16(24)18(20-17(21)25)9-4-5-10-18/h1-3,6-7H,4-5,8-12H2,(H,19,22)(H,20,25). The Balaban J connectivity index is 1.42. The molecule has 8 heteroatoms. The van der Waals surface area contributed by atoms with Crippen molar-refractivity contribution >= 4 is 29.5 Å². The first-order valence-corrected chi connectivity index (χ1v) is 8.65. The van der Waals surface area contributed by atoms with Gasteiger partial charge in [0, 0.05) is 12.2 Å². The van der Waals surface area contributed by atoms with E-state index in [4.69, 9.17) is 4.74 Å². The summed E-state index contributed by atoms with van der Waals surface area (Å²) in [6.07, 6.45) is 2.93. The average molecular weight is 359 g/mol. The van der Waals surface area contributed by atoms with Crippen LogP contribution in [-0.4, -0.2) is 47.4 Å². The molecule has 1 heterocycles. The second-order valence-electron chi connectivity index (χ2n) is 6.50. The molecule has 1 spiro atoms. The molecule has 4 amide bonds. The molecule has 138 valence electrons. The highest BCUT2D eigenvalue weighted by Gasteiger charge is 2.52. The zero-order valence-corrected chi connectivity index (χ0v) is 14.3. The van der Waals surface area contributed by atoms with Gasteiger partial charge in [0.2, 0.25) is 0 Å². The van der Waals surface area contributed by atoms with Crippen LogP contribution in [0.1, 0.15) is 32.1 Å². The highest BCUT2D eigenvalue weighted by molar-refractivity contribution is 6.07. The zero-order chi connectivity index (χ0) is 18.6. The molecule has 3 rings (SSSR count). The number of esters is 1. The lowest BCUT2D eigenvalue weighted by Crippen LogP contribution is -2.44. The van der Waals surface area contributed by atoms with Crippen LogP contribution in [-0.2, 0) is 19.1 Å². The van der Waals surface area contributed by atoms with Gasteiger partial charge in [-0.05, 0) is 25.0 Å². The van der Waals surface area contributed by atoms with E-state index >= 15 is 0 Å². The van der Waals surface area contributed by atoms with E-state index in [0.29, 0.717) is 18.5 Å². The molecule has 0 aromatic heterocycles. The predicted molar refractivity (Wildman–Crippen MR) is 92.1 cm³/mol. The van der Waals surface area contributed by atoms with E-state index in [0.717, 1.165) is 17.7 Å². The minimum atomic E-state index is -0.781. The highest BCUT2D eigenvalue weighted by atomic mass is 16.5. The Labute approximate surface area is 150 Å². The van der Waals surface area contributed by atoms with Gasteiger partial charge in [-0.15, -0.1) is 0 Å². The van der Waals surface area contributed by atoms with Crippen molar-refractivity contribution < 1.29 is 23.9 Å². The van der Waals surface area contributed by atoms with Gasteiger partial charge in [0.1, 0.15) is 5.54 Å². The van der Waals surface area contributed by atoms with Gasteiger partial charge in [0.15, 0.2) is 6.61 Å². The van der Waals surface area contributed by atoms with Gasteiger partial charge >= 0.3 is 12.0 Å². The highest BCUT2D eigenvalue weighted by Crippen LogP contribution is 2.34. The Morgan fingerprint density at radius 1 is 1.15 bits per heavy atom. The molecule has 1 aliphatic heterocycles. The minimum absolute atomic E-state index is 0.0500. The molecule has 1 saturated heterocycles. The normalized spacial score (nSPS) is 18.1. The number of carbonyl (C=O) groups excluding carboxylic acids is 4. The number of hydrogen-bond acceptors (Lipinski definition) is 5. The molecule has 0 radical (unpaired) electrons. The average Bonchev–Trinajstić information content (AvgIpc) is 3.18. The Morgan fingerprint density at radius 3 is 2.54 bits per heavy atom. The number of urea groups is 1. The summed E-state index contributed by atoms with van der Waals surface area (Å²) in [5, 5.41) is 5.35. The SMILES string of the molecule is O=C(COC(=O)CCN1C(=O)NC2(CCCC2)C1=O)Nc1ccccc1. The second kappa shape index (κ2) is 7.55. The van der Waals surface area contributed by atoms with Crippen LogP contribution in [0.3, 0.4) is 0 Å². The summed E-state index contributed by atoms with van der Waals surface area (Å²) >= 11 is 0. The minimum Gasteiger partial charge on any atom is -0.456 e. The molecule has 2 aliphatic rings. The predicted octanol–water partition coefficient (Wildman–Crippen LogP) is 1.42. The topological polar surface area (TPSA) is 105 Å². The molecular formula is C18H21N3O5. The van der Waals surface area contributed by atoms with Crippen molar-refractivity contribution in [3.05, 3.63) is 30.3 Å². The summed E-state index contributed by atoms with van der Waals surface area (Å²) in [5.74, 6) is -1.36. The fourth-order valence-electron chi connectivity index (χ4n) is 3.34. The van der Waals surface area contributed by atoms with Crippen LogP contribution in [0.4, 0.5) is 10.5 Å². The van der Waals surface area contributed by atoms with E-state index in [9.17, 15) is 19.2 Å². The van der Waals surface area contributed by atoms with Crippen LogP contribution in [0.5, 0.6) is 0 Å². The summed E-state index contributed by atoms with van der Waals surface area (Å²) in [4.78, 5) is 49.1. The molecule has 0 unspecified atom stereocenters. The fraction of sp³-hybridized carbons (Fsp3) is 0.444. The largest absolute Gasteiger partial charge is 0.456 e. The Kier molecular flexibility index (Phi) is 5.20. The van der Waals surface area contributed by atoms with Gasteiger partial charge in [-0.3, -0.25) is 19.3 Å². The third-order valence-electron chi connectivity index (χ3n) is 4.66. The number of carbonyl (C=O) groups is 4. The number of amides is 4. The maximum Gasteiger partial charge on any atom is 0.325 e. The zero-order valence-electron chi connectivity index (χ0n) is 14.3. The first-order chi connectivity index (χ1) is 12.5. The van der Waals surface area contributed by atoms with Crippen molar-refractivity contribution in [3.63, 3.8) is 0 Å². The number of benzene rings is 1. The summed E-state index contributed by atoms with van der Waals surface area (Å²) in [6.45, 7) is -0.469. The number of nitrogens with zero attached hydrogens (tertiary/aromatic N) is 1. The van der Waals surface area contributed by atoms with E-state index in [1.807, 2.05) is 6.07 Å². The van der Waals surface area contributed by atoms with Crippen molar-refractivity contribution in [3.8, 4) is 0 Å². The van der Waals surface area contributed by atoms with Gasteiger partial charge in [-0.25, -0.2) is 4.79 Å². The molecule has 1 aromatic rings. The Morgan fingerprint density at radius 2 is 1.85 bits per heavy atom. The second-order valence-corrected chi connectivity index (χ2v) is 6.50. The van der Waals surface area contributed by atoms with Crippen LogP contribution in [0.2, 0.25) is 0 Å². The van der Waals surface area contributed by atoms with E-state index < -0.39 is 30.1 Å². The summed E-state index contributed by atoms with van der Waals surface area (Å²) in [7, 11) is 0. The van der Waals surface area contributed by atoms with Crippen LogP contribution < -0.4 is 10.6 Å². The molecule has 26 heavy (non-hydrogen) atoms. The van der Waals surface area contributed by atoms with E-state index in [-0.39, 0.29) is 18.9 Å². The number of anilines is 1. The summed E-state index contributed by atoms with van der Waals surface area (Å²) in [5.41, 5.74) is -0.175. The quantitative estimate of drug-likeness (QED) is 0.590. The van der Waals surface area contributed by atoms with Gasteiger partial charge in [-0.2, -0.15) is 0 Å². The van der Waals surface area contributed by atoms with Crippen molar-refractivity contribution in [1.82, 2.24) is 10.2 Å². The molecule has 0 bridgehead atoms. The monoisotopic (exact) mass is 359 g/mol. The van der Waals surface area contributed by atoms with Crippen molar-refractivity contribution in [2.75, 3.05) is 18.5 Å². The first kappa shape index (κ1) is 17.9. The Hall–Kier alpha value is -2.90. The number of imide groups is 1. The number of para-hydroxylation sites is 1. The first-order valence-electron chi connectivity index (χ1n) is 8.65. The summed E-state index contributed by atoms with van der Waals surface area (Å²) in [6, 6.07) is 8.34. The molecule has 1 aromatic carbocycles. The smallest absolute Gasteiger partial charge is 0.325 e. The summed E-state index contributed by atoms with van der Waals surface area (Å²) < 4.78 is 4.90. The number of ether oxygens (including phenoxy) is 1. The maximum atomic E-state index is 12.4. The van der Waals surface area contributed by atoms with E-state index in [2.05, 4.69) is 10.6 Å². The van der Waals surface area contributed by atoms with Crippen molar-refractivity contribution in [2.45, 2.75) is 37.6 Å². The van der Waals surface area contributed by atoms with Crippen molar-refractivity contribution in [2.24, 2.45) is 0 Å². The van der Waals surface area contributed by atoms with Gasteiger partial charge < -0.3 is 15.4 Å². The lowest BCUT2D eigenvalue weighted by molar-refractivity contribution is -0.147. The lowest BCUT2D eigenvalue weighted by Gasteiger charge is -2.19. The van der Waals surface area contributed by atoms with Crippen LogP contribution in [0.15, 0.2) is 30.3 Å². The molecule has 2 fully saturated rings. The molecule has 1 aliphatic carbocycles. The number of rotatable bonds is 6. The Bertz CT molecular complexity index is 713. The van der Waals surface area contributed by atoms with Crippen LogP contribution in [0.25, 0.3) is 0 Å². The van der Waals surface area contributed by atoms with Gasteiger partial charge in [0.25, 0.3) is 11.8 Å². The fourth-order valence-corrected chi connectivity index (χ4v) is 3.34. The molecule has 0 atom stereocenters. The van der Waals surface area contributed by atoms with E-state index in [1.54, 1.807) is 24.3 Å². The molecular weight excluding hydrogens is 338 g/mol. The molecule has 1 saturated carbocycles. The molecule has 2 N–H and O–H groups in total. The third-order valence-corrected chi connectivity index (χ3v) is 4.66. The van der Waals surface area contributed by atoms with Crippen molar-refractivity contribution in [1.29, 1.82) is 0 Å². The number of hydrogen-bond donors (Lipinski definition) is 2.